The molecule has 6 amide bonds. The van der Waals surface area contributed by atoms with Crippen LogP contribution < -0.4 is 16.2 Å². The Kier molecular flexibility index (Phi) is 22.8. The van der Waals surface area contributed by atoms with E-state index in [1.54, 1.807) is 123 Å². The first-order chi connectivity index (χ1) is 33.7. The van der Waals surface area contributed by atoms with Gasteiger partial charge in [0, 0.05) is 0 Å². The van der Waals surface area contributed by atoms with Gasteiger partial charge < -0.3 is 28.4 Å². The van der Waals surface area contributed by atoms with Crippen molar-refractivity contribution in [3.63, 3.8) is 0 Å². The van der Waals surface area contributed by atoms with Gasteiger partial charge in [-0.25, -0.2) is 34.8 Å². The number of nitrogens with zero attached hydrogens (tertiary/aromatic N) is 3. The number of nitrogens with one attached hydrogen (secondary N) is 3. The molecule has 4 aromatic carbocycles. The fourth-order valence-corrected chi connectivity index (χ4v) is 6.14. The van der Waals surface area contributed by atoms with Gasteiger partial charge in [-0.15, -0.1) is 0 Å². The lowest BCUT2D eigenvalue weighted by molar-refractivity contribution is -0.192. The van der Waals surface area contributed by atoms with Crippen molar-refractivity contribution in [2.75, 3.05) is 13.2 Å². The van der Waals surface area contributed by atoms with Gasteiger partial charge >= 0.3 is 42.5 Å². The minimum absolute atomic E-state index is 0.0156. The fourth-order valence-electron chi connectivity index (χ4n) is 6.14. The largest absolute Gasteiger partial charge is 0.466 e. The summed E-state index contributed by atoms with van der Waals surface area (Å²) in [5.74, 6) is -3.88. The molecule has 0 aliphatic carbocycles. The normalized spacial score (nSPS) is 13.9. The van der Waals surface area contributed by atoms with Crippen LogP contribution in [0.3, 0.4) is 0 Å². The number of carbonyl (C=O) groups is 8. The molecule has 5 rings (SSSR count). The fraction of sp³-hybridized carbons (Fsp3) is 0.292. The maximum atomic E-state index is 13.0. The first kappa shape index (κ1) is 55.2. The quantitative estimate of drug-likeness (QED) is 0.0421. The van der Waals surface area contributed by atoms with Gasteiger partial charge in [0.1, 0.15) is 26.4 Å². The number of esters is 2. The smallest absolute Gasteiger partial charge is 0.430 e. The van der Waals surface area contributed by atoms with Crippen molar-refractivity contribution in [2.45, 2.75) is 77.5 Å². The molecular weight excluding hydrogens is 917 g/mol. The minimum atomic E-state index is -2.51. The standard InChI is InChI=1S/C24H27N3O6.C23H23N3O8.CO2/c1-3-24(18-25,15-21(28)31-4-2)27(23(30)33-17-20-13-9-6-10-14-20)26-22(29)32-16-19-11-7-5-8-12-19;1-2-32-20(29)23(13-18(27)24-19(23)28)26(22(31)34-15-17-11-7-4-8-12-17)25-21(30)33-14-16-9-5-3-6-10-16;2-1-3/h5-14H,3-4,15-17H2,1-2H3,(H,26,29);3-12H,2,13-15H2,1H3,(H,25,30)(H,24,27,28);. The molecule has 4 aromatic rings. The van der Waals surface area contributed by atoms with Gasteiger partial charge in [0.15, 0.2) is 5.54 Å². The molecule has 1 saturated heterocycles. The number of carbonyl (C=O) groups excluding carboxylic acids is 10. The Balaban J connectivity index is 0.000000351. The van der Waals surface area contributed by atoms with Crippen LogP contribution in [0.15, 0.2) is 121 Å². The number of ether oxygens (including phenoxy) is 6. The van der Waals surface area contributed by atoms with Gasteiger partial charge in [0.05, 0.1) is 32.1 Å². The number of amides is 6. The van der Waals surface area contributed by atoms with Crippen molar-refractivity contribution >= 4 is 54.3 Å². The Morgan fingerprint density at radius 1 is 0.614 bits per heavy atom. The molecule has 1 aliphatic rings. The third-order valence-electron chi connectivity index (χ3n) is 9.61. The summed E-state index contributed by atoms with van der Waals surface area (Å²) < 4.78 is 30.7. The molecule has 3 N–H and O–H groups in total. The summed E-state index contributed by atoms with van der Waals surface area (Å²) in [6.45, 7) is 4.15. The van der Waals surface area contributed by atoms with Gasteiger partial charge in [-0.2, -0.15) is 24.9 Å². The van der Waals surface area contributed by atoms with Crippen molar-refractivity contribution in [2.24, 2.45) is 0 Å². The number of hydrazine groups is 2. The molecule has 0 radical (unpaired) electrons. The van der Waals surface area contributed by atoms with Crippen LogP contribution in [0.5, 0.6) is 0 Å². The third kappa shape index (κ3) is 16.7. The monoisotopic (exact) mass is 966 g/mol. The molecular formula is C48H50N6O16. The lowest BCUT2D eigenvalue weighted by Crippen LogP contribution is -2.67. The van der Waals surface area contributed by atoms with Gasteiger partial charge in [-0.1, -0.05) is 128 Å². The molecule has 70 heavy (non-hydrogen) atoms. The molecule has 1 aliphatic heterocycles. The summed E-state index contributed by atoms with van der Waals surface area (Å²) in [7, 11) is 0. The number of benzene rings is 4. The van der Waals surface area contributed by atoms with E-state index in [0.29, 0.717) is 26.7 Å². The van der Waals surface area contributed by atoms with Crippen molar-refractivity contribution < 1.29 is 76.4 Å². The summed E-state index contributed by atoms with van der Waals surface area (Å²) in [5.41, 5.74) is 2.82. The van der Waals surface area contributed by atoms with Crippen LogP contribution in [0.25, 0.3) is 0 Å². The summed E-state index contributed by atoms with van der Waals surface area (Å²) >= 11 is 0. The van der Waals surface area contributed by atoms with Crippen LogP contribution >= 0.6 is 0 Å². The van der Waals surface area contributed by atoms with Gasteiger partial charge in [0.2, 0.25) is 5.91 Å². The number of nitriles is 1. The van der Waals surface area contributed by atoms with E-state index < -0.39 is 72.0 Å². The molecule has 368 valence electrons. The Hall–Kier alpha value is -9.09. The lowest BCUT2D eigenvalue weighted by atomic mass is 9.93. The average Bonchev–Trinajstić information content (AvgIpc) is 3.69. The Bertz CT molecular complexity index is 2450. The van der Waals surface area contributed by atoms with Gasteiger partial charge in [-0.3, -0.25) is 19.7 Å². The second-order valence-corrected chi connectivity index (χ2v) is 14.3. The summed E-state index contributed by atoms with van der Waals surface area (Å²) in [5, 5.41) is 12.9. The van der Waals surface area contributed by atoms with E-state index in [4.69, 9.17) is 38.0 Å². The van der Waals surface area contributed by atoms with E-state index in [9.17, 15) is 43.6 Å². The Labute approximate surface area is 401 Å². The molecule has 2 atom stereocenters. The van der Waals surface area contributed by atoms with E-state index >= 15 is 0 Å². The zero-order valence-electron chi connectivity index (χ0n) is 38.3. The van der Waals surface area contributed by atoms with Crippen molar-refractivity contribution in [3.8, 4) is 6.07 Å². The lowest BCUT2D eigenvalue weighted by Gasteiger charge is -2.35. The molecule has 0 bridgehead atoms. The summed E-state index contributed by atoms with van der Waals surface area (Å²) in [4.78, 5) is 117. The maximum Gasteiger partial charge on any atom is 0.430 e. The topological polar surface area (TPSA) is 292 Å². The maximum absolute atomic E-state index is 13.0. The minimum Gasteiger partial charge on any atom is -0.466 e. The van der Waals surface area contributed by atoms with E-state index in [1.807, 2.05) is 23.5 Å². The molecule has 0 saturated carbocycles. The molecule has 1 fully saturated rings. The second-order valence-electron chi connectivity index (χ2n) is 14.3. The predicted octanol–water partition coefficient (Wildman–Crippen LogP) is 5.32. The Morgan fingerprint density at radius 3 is 1.39 bits per heavy atom. The van der Waals surface area contributed by atoms with Crippen molar-refractivity contribution in [1.82, 2.24) is 26.2 Å². The van der Waals surface area contributed by atoms with Crippen LogP contribution in [-0.2, 0) is 83.6 Å². The highest BCUT2D eigenvalue weighted by molar-refractivity contribution is 6.21. The van der Waals surface area contributed by atoms with Crippen LogP contribution in [0.4, 0.5) is 19.2 Å². The molecule has 22 nitrogen and oxygen atoms in total. The number of rotatable bonds is 16. The third-order valence-corrected chi connectivity index (χ3v) is 9.61. The zero-order chi connectivity index (χ0) is 51.4. The second kappa shape index (κ2) is 28.8. The highest BCUT2D eigenvalue weighted by Crippen LogP contribution is 2.28. The highest BCUT2D eigenvalue weighted by Gasteiger charge is 2.62. The van der Waals surface area contributed by atoms with Crippen LogP contribution in [0.2, 0.25) is 0 Å². The van der Waals surface area contributed by atoms with Crippen LogP contribution in [0, 0.1) is 11.3 Å². The van der Waals surface area contributed by atoms with E-state index in [-0.39, 0.29) is 52.2 Å². The van der Waals surface area contributed by atoms with Crippen molar-refractivity contribution in [1.29, 1.82) is 5.26 Å². The molecule has 22 heteroatoms. The first-order valence-corrected chi connectivity index (χ1v) is 21.3. The van der Waals surface area contributed by atoms with Crippen LogP contribution in [0.1, 0.15) is 62.3 Å². The summed E-state index contributed by atoms with van der Waals surface area (Å²) in [6, 6.07) is 37.1. The number of hydrogen-bond donors (Lipinski definition) is 3. The first-order valence-electron chi connectivity index (χ1n) is 21.3. The molecule has 2 unspecified atom stereocenters. The van der Waals surface area contributed by atoms with Crippen molar-refractivity contribution in [3.05, 3.63) is 144 Å². The summed E-state index contributed by atoms with van der Waals surface area (Å²) in [6.07, 6.45) is -5.38. The average molecular weight is 967 g/mol. The SMILES string of the molecule is CCOC(=O)C1(N(NC(=O)OCc2ccccc2)C(=O)OCc2ccccc2)CC(=O)NC1=O.CCOC(=O)CC(C#N)(CC)N(NC(=O)OCc1ccccc1)C(=O)OCc1ccccc1.O=C=O. The molecule has 1 heterocycles. The Morgan fingerprint density at radius 2 is 1.01 bits per heavy atom. The van der Waals surface area contributed by atoms with Gasteiger partial charge in [-0.05, 0) is 42.5 Å². The van der Waals surface area contributed by atoms with E-state index in [2.05, 4.69) is 10.9 Å². The molecule has 0 aromatic heterocycles. The van der Waals surface area contributed by atoms with Gasteiger partial charge in [0.25, 0.3) is 11.4 Å². The molecule has 0 spiro atoms. The van der Waals surface area contributed by atoms with E-state index in [1.165, 1.54) is 6.92 Å². The number of hydrogen-bond acceptors (Lipinski definition) is 17. The predicted molar refractivity (Wildman–Crippen MR) is 238 cm³/mol. The van der Waals surface area contributed by atoms with E-state index in [0.717, 1.165) is 5.56 Å². The zero-order valence-corrected chi connectivity index (χ0v) is 38.3. The highest BCUT2D eigenvalue weighted by atomic mass is 16.6. The van der Waals surface area contributed by atoms with Crippen LogP contribution in [-0.4, -0.2) is 88.6 Å². The number of imide groups is 1.